The highest BCUT2D eigenvalue weighted by atomic mass is 127. The molecule has 0 spiro atoms. The molecule has 1 aliphatic rings. The molecule has 1 aliphatic carbocycles. The number of nitrogens with one attached hydrogen (secondary N) is 2. The summed E-state index contributed by atoms with van der Waals surface area (Å²) in [5.41, 5.74) is 2.64. The van der Waals surface area contributed by atoms with Gasteiger partial charge >= 0.3 is 0 Å². The molecule has 0 unspecified atom stereocenters. The van der Waals surface area contributed by atoms with E-state index in [9.17, 15) is 0 Å². The van der Waals surface area contributed by atoms with Crippen LogP contribution in [0, 0.1) is 0 Å². The summed E-state index contributed by atoms with van der Waals surface area (Å²) in [7, 11) is 1.63. The maximum atomic E-state index is 5.30. The van der Waals surface area contributed by atoms with E-state index in [1.54, 1.807) is 13.3 Å². The Bertz CT molecular complexity index is 717. The van der Waals surface area contributed by atoms with Gasteiger partial charge in [-0.05, 0) is 31.4 Å². The first-order valence-corrected chi connectivity index (χ1v) is 8.83. The zero-order valence-corrected chi connectivity index (χ0v) is 17.7. The van der Waals surface area contributed by atoms with Gasteiger partial charge in [-0.3, -0.25) is 0 Å². The highest BCUT2D eigenvalue weighted by molar-refractivity contribution is 14.0. The number of benzene rings is 1. The van der Waals surface area contributed by atoms with E-state index in [2.05, 4.69) is 52.9 Å². The number of hydrogen-bond donors (Lipinski definition) is 2. The first-order chi connectivity index (χ1) is 12.3. The highest BCUT2D eigenvalue weighted by Crippen LogP contribution is 2.47. The number of methoxy groups -OCH3 is 1. The van der Waals surface area contributed by atoms with Gasteiger partial charge in [0, 0.05) is 30.3 Å². The Hall–Kier alpha value is -1.83. The first kappa shape index (κ1) is 20.5. The van der Waals surface area contributed by atoms with E-state index >= 15 is 0 Å². The standard InChI is InChI=1S/C20H26N4O.HI/c1-3-21-19(23-14-16-8-7-13-22-18(16)25-2)24-15-20(11-12-20)17-9-5-4-6-10-17;/h4-10,13H,3,11-12,14-15H2,1-2H3,(H2,21,23,24);1H. The Labute approximate surface area is 172 Å². The van der Waals surface area contributed by atoms with Gasteiger partial charge in [-0.25, -0.2) is 9.98 Å². The molecule has 0 atom stereocenters. The SMILES string of the molecule is CCNC(=NCc1cccnc1OC)NCC1(c2ccccc2)CC1.I. The third-order valence-electron chi connectivity index (χ3n) is 4.63. The van der Waals surface area contributed by atoms with E-state index in [-0.39, 0.29) is 29.4 Å². The molecule has 0 saturated heterocycles. The van der Waals surface area contributed by atoms with Crippen molar-refractivity contribution in [2.45, 2.75) is 31.7 Å². The molecule has 5 nitrogen and oxygen atoms in total. The Morgan fingerprint density at radius 2 is 1.92 bits per heavy atom. The van der Waals surface area contributed by atoms with Gasteiger partial charge in [-0.1, -0.05) is 36.4 Å². The van der Waals surface area contributed by atoms with Crippen molar-refractivity contribution in [3.63, 3.8) is 0 Å². The predicted octanol–water partition coefficient (Wildman–Crippen LogP) is 3.50. The number of halogens is 1. The lowest BCUT2D eigenvalue weighted by molar-refractivity contribution is 0.392. The van der Waals surface area contributed by atoms with Crippen molar-refractivity contribution in [1.82, 2.24) is 15.6 Å². The second-order valence-corrected chi connectivity index (χ2v) is 6.37. The number of pyridine rings is 1. The summed E-state index contributed by atoms with van der Waals surface area (Å²) in [5, 5.41) is 6.83. The van der Waals surface area contributed by atoms with Crippen molar-refractivity contribution in [3.8, 4) is 5.88 Å². The lowest BCUT2D eigenvalue weighted by Crippen LogP contribution is -2.41. The summed E-state index contributed by atoms with van der Waals surface area (Å²) >= 11 is 0. The second kappa shape index (κ2) is 9.75. The third-order valence-corrected chi connectivity index (χ3v) is 4.63. The summed E-state index contributed by atoms with van der Waals surface area (Å²) in [6.07, 6.45) is 4.17. The van der Waals surface area contributed by atoms with E-state index in [0.29, 0.717) is 12.4 Å². The largest absolute Gasteiger partial charge is 0.481 e. The molecule has 26 heavy (non-hydrogen) atoms. The lowest BCUT2D eigenvalue weighted by atomic mass is 9.96. The van der Waals surface area contributed by atoms with Crippen molar-refractivity contribution in [2.75, 3.05) is 20.2 Å². The molecule has 140 valence electrons. The number of nitrogens with zero attached hydrogens (tertiary/aromatic N) is 2. The number of rotatable bonds is 7. The van der Waals surface area contributed by atoms with Crippen molar-refractivity contribution in [1.29, 1.82) is 0 Å². The zero-order valence-electron chi connectivity index (χ0n) is 15.4. The Balaban J connectivity index is 0.00000243. The number of guanidine groups is 1. The molecule has 0 bridgehead atoms. The molecule has 0 radical (unpaired) electrons. The van der Waals surface area contributed by atoms with Crippen molar-refractivity contribution in [3.05, 3.63) is 59.8 Å². The van der Waals surface area contributed by atoms with E-state index in [1.165, 1.54) is 18.4 Å². The molecule has 2 N–H and O–H groups in total. The lowest BCUT2D eigenvalue weighted by Gasteiger charge is -2.19. The molecular formula is C20H27IN4O. The van der Waals surface area contributed by atoms with E-state index in [4.69, 9.17) is 9.73 Å². The Kier molecular flexibility index (Phi) is 7.68. The smallest absolute Gasteiger partial charge is 0.218 e. The minimum absolute atomic E-state index is 0. The fraction of sp³-hybridized carbons (Fsp3) is 0.400. The van der Waals surface area contributed by atoms with Crippen molar-refractivity contribution < 1.29 is 4.74 Å². The minimum Gasteiger partial charge on any atom is -0.481 e. The number of hydrogen-bond acceptors (Lipinski definition) is 3. The quantitative estimate of drug-likeness (QED) is 0.373. The summed E-state index contributed by atoms with van der Waals surface area (Å²) < 4.78 is 5.30. The topological polar surface area (TPSA) is 58.5 Å². The average molecular weight is 466 g/mol. The zero-order chi connectivity index (χ0) is 17.5. The molecule has 0 aliphatic heterocycles. The van der Waals surface area contributed by atoms with Gasteiger partial charge in [-0.2, -0.15) is 0 Å². The van der Waals surface area contributed by atoms with Gasteiger partial charge in [0.25, 0.3) is 0 Å². The van der Waals surface area contributed by atoms with E-state index in [1.807, 2.05) is 12.1 Å². The normalized spacial score (nSPS) is 14.9. The maximum absolute atomic E-state index is 5.30. The summed E-state index contributed by atoms with van der Waals surface area (Å²) in [6, 6.07) is 14.6. The van der Waals surface area contributed by atoms with Crippen LogP contribution in [0.15, 0.2) is 53.7 Å². The van der Waals surface area contributed by atoms with Gasteiger partial charge in [0.2, 0.25) is 5.88 Å². The fourth-order valence-electron chi connectivity index (χ4n) is 3.00. The van der Waals surface area contributed by atoms with Crippen LogP contribution in [0.4, 0.5) is 0 Å². The van der Waals surface area contributed by atoms with E-state index < -0.39 is 0 Å². The van der Waals surface area contributed by atoms with Gasteiger partial charge in [0.05, 0.1) is 13.7 Å². The minimum atomic E-state index is 0. The van der Waals surface area contributed by atoms with Gasteiger partial charge in [0.1, 0.15) is 0 Å². The Morgan fingerprint density at radius 3 is 2.58 bits per heavy atom. The first-order valence-electron chi connectivity index (χ1n) is 8.83. The molecule has 1 aromatic carbocycles. The average Bonchev–Trinajstić information content (AvgIpc) is 3.46. The highest BCUT2D eigenvalue weighted by Gasteiger charge is 2.43. The summed E-state index contributed by atoms with van der Waals surface area (Å²) in [6.45, 7) is 4.33. The van der Waals surface area contributed by atoms with Crippen LogP contribution in [-0.4, -0.2) is 31.1 Å². The van der Waals surface area contributed by atoms with Gasteiger partial charge < -0.3 is 15.4 Å². The van der Waals surface area contributed by atoms with Crippen LogP contribution in [0.3, 0.4) is 0 Å². The third kappa shape index (κ3) is 5.09. The monoisotopic (exact) mass is 466 g/mol. The molecule has 1 fully saturated rings. The second-order valence-electron chi connectivity index (χ2n) is 6.37. The van der Waals surface area contributed by atoms with Gasteiger partial charge in [-0.15, -0.1) is 24.0 Å². The molecule has 6 heteroatoms. The number of aliphatic imine (C=N–C) groups is 1. The van der Waals surface area contributed by atoms with Crippen LogP contribution in [0.1, 0.15) is 30.9 Å². The van der Waals surface area contributed by atoms with Crippen LogP contribution in [0.25, 0.3) is 0 Å². The van der Waals surface area contributed by atoms with E-state index in [0.717, 1.165) is 24.6 Å². The molecular weight excluding hydrogens is 439 g/mol. The van der Waals surface area contributed by atoms with Crippen molar-refractivity contribution >= 4 is 29.9 Å². The molecule has 2 aromatic rings. The van der Waals surface area contributed by atoms with Crippen LogP contribution < -0.4 is 15.4 Å². The summed E-state index contributed by atoms with van der Waals surface area (Å²) in [4.78, 5) is 8.91. The van der Waals surface area contributed by atoms with Gasteiger partial charge in [0.15, 0.2) is 5.96 Å². The molecule has 3 rings (SSSR count). The van der Waals surface area contributed by atoms with Crippen LogP contribution in [0.5, 0.6) is 5.88 Å². The van der Waals surface area contributed by atoms with Crippen LogP contribution in [-0.2, 0) is 12.0 Å². The van der Waals surface area contributed by atoms with Crippen LogP contribution in [0.2, 0.25) is 0 Å². The number of ether oxygens (including phenoxy) is 1. The Morgan fingerprint density at radius 1 is 1.15 bits per heavy atom. The summed E-state index contributed by atoms with van der Waals surface area (Å²) in [5.74, 6) is 1.46. The number of aromatic nitrogens is 1. The molecule has 1 saturated carbocycles. The van der Waals surface area contributed by atoms with Crippen molar-refractivity contribution in [2.24, 2.45) is 4.99 Å². The molecule has 1 aromatic heterocycles. The maximum Gasteiger partial charge on any atom is 0.218 e. The molecule has 1 heterocycles. The molecule has 0 amide bonds. The predicted molar refractivity (Wildman–Crippen MR) is 116 cm³/mol. The fourth-order valence-corrected chi connectivity index (χ4v) is 3.00. The van der Waals surface area contributed by atoms with Crippen LogP contribution >= 0.6 is 24.0 Å².